The van der Waals surface area contributed by atoms with Crippen molar-refractivity contribution in [1.29, 1.82) is 0 Å². The number of hydrogen-bond acceptors (Lipinski definition) is 2. The average molecular weight is 201 g/mol. The van der Waals surface area contributed by atoms with Gasteiger partial charge in [0.2, 0.25) is 0 Å². The molecule has 0 atom stereocenters. The van der Waals surface area contributed by atoms with Gasteiger partial charge in [-0.15, -0.1) is 0 Å². The number of nitrogens with zero attached hydrogens (tertiary/aromatic N) is 2. The van der Waals surface area contributed by atoms with Gasteiger partial charge in [0.1, 0.15) is 0 Å². The normalized spacial score (nSPS) is 10.8. The van der Waals surface area contributed by atoms with E-state index in [9.17, 15) is 4.79 Å². The fourth-order valence-electron chi connectivity index (χ4n) is 0.876. The van der Waals surface area contributed by atoms with Crippen LogP contribution in [0.3, 0.4) is 0 Å². The second-order valence-corrected chi connectivity index (χ2v) is 3.82. The van der Waals surface area contributed by atoms with Crippen molar-refractivity contribution in [2.24, 2.45) is 0 Å². The van der Waals surface area contributed by atoms with Gasteiger partial charge in [0, 0.05) is 32.7 Å². The van der Waals surface area contributed by atoms with E-state index in [0.29, 0.717) is 12.6 Å². The van der Waals surface area contributed by atoms with Crippen molar-refractivity contribution in [3.8, 4) is 0 Å². The topological polar surface area (TPSA) is 35.6 Å². The Morgan fingerprint density at radius 2 is 1.93 bits per heavy atom. The van der Waals surface area contributed by atoms with E-state index in [2.05, 4.69) is 31.1 Å². The molecule has 4 heteroatoms. The van der Waals surface area contributed by atoms with Crippen molar-refractivity contribution in [3.05, 3.63) is 0 Å². The third-order valence-corrected chi connectivity index (χ3v) is 2.44. The van der Waals surface area contributed by atoms with Crippen LogP contribution in [-0.2, 0) is 0 Å². The Morgan fingerprint density at radius 3 is 2.36 bits per heavy atom. The molecule has 14 heavy (non-hydrogen) atoms. The van der Waals surface area contributed by atoms with Crippen LogP contribution >= 0.6 is 0 Å². The summed E-state index contributed by atoms with van der Waals surface area (Å²) in [5, 5.41) is 2.86. The lowest BCUT2D eigenvalue weighted by Crippen LogP contribution is -2.41. The third-order valence-electron chi connectivity index (χ3n) is 2.44. The maximum absolute atomic E-state index is 11.3. The lowest BCUT2D eigenvalue weighted by Gasteiger charge is -2.22. The van der Waals surface area contributed by atoms with Gasteiger partial charge in [-0.05, 0) is 27.8 Å². The van der Waals surface area contributed by atoms with Crippen LogP contribution < -0.4 is 5.32 Å². The number of carbonyl (C=O) groups is 1. The minimum Gasteiger partial charge on any atom is -0.337 e. The molecule has 0 aromatic rings. The van der Waals surface area contributed by atoms with Crippen molar-refractivity contribution in [2.45, 2.75) is 26.8 Å². The molecule has 0 aliphatic carbocycles. The number of carbonyl (C=O) groups excluding carboxylic acids is 1. The summed E-state index contributed by atoms with van der Waals surface area (Å²) in [6, 6.07) is 0.528. The molecule has 0 bridgehead atoms. The zero-order valence-electron chi connectivity index (χ0n) is 10.0. The molecule has 0 aromatic heterocycles. The van der Waals surface area contributed by atoms with Crippen LogP contribution in [0.15, 0.2) is 0 Å². The lowest BCUT2D eigenvalue weighted by molar-refractivity contribution is 0.207. The highest BCUT2D eigenvalue weighted by atomic mass is 16.2. The predicted molar refractivity (Wildman–Crippen MR) is 59.5 cm³/mol. The maximum Gasteiger partial charge on any atom is 0.317 e. The number of urea groups is 1. The second-order valence-electron chi connectivity index (χ2n) is 3.82. The molecule has 0 aliphatic heterocycles. The number of nitrogens with one attached hydrogen (secondary N) is 1. The summed E-state index contributed by atoms with van der Waals surface area (Å²) in [4.78, 5) is 15.2. The molecule has 84 valence electrons. The van der Waals surface area contributed by atoms with E-state index in [1.807, 2.05) is 6.92 Å². The third kappa shape index (κ3) is 5.07. The minimum absolute atomic E-state index is 0.00431. The van der Waals surface area contributed by atoms with Crippen LogP contribution in [0, 0.1) is 0 Å². The minimum atomic E-state index is 0.00431. The molecule has 0 rings (SSSR count). The summed E-state index contributed by atoms with van der Waals surface area (Å²) in [5.74, 6) is 0. The van der Waals surface area contributed by atoms with Crippen molar-refractivity contribution in [2.75, 3.05) is 33.7 Å². The number of amides is 2. The van der Waals surface area contributed by atoms with Crippen LogP contribution in [0.2, 0.25) is 0 Å². The summed E-state index contributed by atoms with van der Waals surface area (Å²) in [5.41, 5.74) is 0. The summed E-state index contributed by atoms with van der Waals surface area (Å²) < 4.78 is 0. The molecular weight excluding hydrogens is 178 g/mol. The van der Waals surface area contributed by atoms with Gasteiger partial charge in [-0.1, -0.05) is 0 Å². The fourth-order valence-corrected chi connectivity index (χ4v) is 0.876. The molecule has 0 aliphatic rings. The zero-order valence-corrected chi connectivity index (χ0v) is 10.0. The fraction of sp³-hybridized carbons (Fsp3) is 0.900. The molecule has 0 unspecified atom stereocenters. The van der Waals surface area contributed by atoms with Gasteiger partial charge in [-0.25, -0.2) is 4.79 Å². The van der Waals surface area contributed by atoms with E-state index in [-0.39, 0.29) is 6.03 Å². The van der Waals surface area contributed by atoms with E-state index in [1.165, 1.54) is 0 Å². The SMILES string of the molecule is CCN(C)C(=O)NCCN(C)C(C)C. The van der Waals surface area contributed by atoms with Crippen LogP contribution in [0.4, 0.5) is 4.79 Å². The molecule has 2 amide bonds. The molecule has 0 saturated carbocycles. The van der Waals surface area contributed by atoms with Gasteiger partial charge in [-0.3, -0.25) is 0 Å². The molecule has 0 aromatic carbocycles. The second kappa shape index (κ2) is 6.65. The summed E-state index contributed by atoms with van der Waals surface area (Å²) in [6.45, 7) is 8.57. The Balaban J connectivity index is 3.59. The Morgan fingerprint density at radius 1 is 1.36 bits per heavy atom. The Kier molecular flexibility index (Phi) is 6.28. The highest BCUT2D eigenvalue weighted by Gasteiger charge is 2.06. The van der Waals surface area contributed by atoms with Crippen molar-refractivity contribution in [1.82, 2.24) is 15.1 Å². The number of likely N-dealkylation sites (N-methyl/N-ethyl adjacent to an activating group) is 1. The Hall–Kier alpha value is -0.770. The van der Waals surface area contributed by atoms with Crippen molar-refractivity contribution < 1.29 is 4.79 Å². The van der Waals surface area contributed by atoms with Crippen LogP contribution in [-0.4, -0.2) is 55.6 Å². The van der Waals surface area contributed by atoms with Crippen LogP contribution in [0.5, 0.6) is 0 Å². The number of rotatable bonds is 5. The largest absolute Gasteiger partial charge is 0.337 e. The smallest absolute Gasteiger partial charge is 0.317 e. The molecule has 0 spiro atoms. The van der Waals surface area contributed by atoms with Gasteiger partial charge < -0.3 is 15.1 Å². The molecule has 0 radical (unpaired) electrons. The molecule has 4 nitrogen and oxygen atoms in total. The standard InChI is InChI=1S/C10H23N3O/c1-6-12(4)10(14)11-7-8-13(5)9(2)3/h9H,6-8H2,1-5H3,(H,11,14). The lowest BCUT2D eigenvalue weighted by atomic mass is 10.3. The first-order chi connectivity index (χ1) is 6.49. The first kappa shape index (κ1) is 13.2. The van der Waals surface area contributed by atoms with Gasteiger partial charge in [0.15, 0.2) is 0 Å². The van der Waals surface area contributed by atoms with Crippen molar-refractivity contribution in [3.63, 3.8) is 0 Å². The number of hydrogen-bond donors (Lipinski definition) is 1. The first-order valence-corrected chi connectivity index (χ1v) is 5.18. The van der Waals surface area contributed by atoms with Crippen LogP contribution in [0.1, 0.15) is 20.8 Å². The molecule has 1 N–H and O–H groups in total. The highest BCUT2D eigenvalue weighted by Crippen LogP contribution is 1.91. The Labute approximate surface area is 87.3 Å². The quantitative estimate of drug-likeness (QED) is 0.720. The summed E-state index contributed by atoms with van der Waals surface area (Å²) >= 11 is 0. The van der Waals surface area contributed by atoms with Crippen LogP contribution in [0.25, 0.3) is 0 Å². The van der Waals surface area contributed by atoms with Gasteiger partial charge in [0.05, 0.1) is 0 Å². The zero-order chi connectivity index (χ0) is 11.1. The maximum atomic E-state index is 11.3. The molecule has 0 heterocycles. The van der Waals surface area contributed by atoms with Gasteiger partial charge in [0.25, 0.3) is 0 Å². The van der Waals surface area contributed by atoms with Gasteiger partial charge >= 0.3 is 6.03 Å². The Bertz CT molecular complexity index is 171. The average Bonchev–Trinajstić information content (AvgIpc) is 2.15. The van der Waals surface area contributed by atoms with E-state index in [1.54, 1.807) is 11.9 Å². The van der Waals surface area contributed by atoms with Crippen molar-refractivity contribution >= 4 is 6.03 Å². The van der Waals surface area contributed by atoms with E-state index in [4.69, 9.17) is 0 Å². The first-order valence-electron chi connectivity index (χ1n) is 5.18. The van der Waals surface area contributed by atoms with Gasteiger partial charge in [-0.2, -0.15) is 0 Å². The van der Waals surface area contributed by atoms with E-state index >= 15 is 0 Å². The summed E-state index contributed by atoms with van der Waals surface area (Å²) in [6.07, 6.45) is 0. The molecule has 0 fully saturated rings. The van der Waals surface area contributed by atoms with E-state index < -0.39 is 0 Å². The molecule has 0 saturated heterocycles. The molecular formula is C10H23N3O. The van der Waals surface area contributed by atoms with E-state index in [0.717, 1.165) is 13.1 Å². The monoisotopic (exact) mass is 201 g/mol. The highest BCUT2D eigenvalue weighted by molar-refractivity contribution is 5.73. The predicted octanol–water partition coefficient (Wildman–Crippen LogP) is 0.988. The summed E-state index contributed by atoms with van der Waals surface area (Å²) in [7, 11) is 3.85.